The lowest BCUT2D eigenvalue weighted by atomic mass is 9.78. The Bertz CT molecular complexity index is 163. The van der Waals surface area contributed by atoms with E-state index in [0.717, 1.165) is 12.8 Å². The monoisotopic (exact) mass is 194 g/mol. The summed E-state index contributed by atoms with van der Waals surface area (Å²) in [6.07, 6.45) is -1.52. The SMILES string of the molecule is CC(C)CC1(C(F)(F)F)CCCC1. The van der Waals surface area contributed by atoms with Crippen LogP contribution in [0, 0.1) is 11.3 Å². The summed E-state index contributed by atoms with van der Waals surface area (Å²) in [5.74, 6) is 0.139. The molecule has 1 rings (SSSR count). The van der Waals surface area contributed by atoms with Crippen LogP contribution in [0.15, 0.2) is 0 Å². The second kappa shape index (κ2) is 3.50. The highest BCUT2D eigenvalue weighted by Gasteiger charge is 2.55. The van der Waals surface area contributed by atoms with Gasteiger partial charge in [0, 0.05) is 0 Å². The summed E-state index contributed by atoms with van der Waals surface area (Å²) in [4.78, 5) is 0. The van der Waals surface area contributed by atoms with Gasteiger partial charge >= 0.3 is 6.18 Å². The predicted octanol–water partition coefficient (Wildman–Crippen LogP) is 4.16. The van der Waals surface area contributed by atoms with Gasteiger partial charge in [0.2, 0.25) is 0 Å². The zero-order valence-electron chi connectivity index (χ0n) is 8.25. The smallest absolute Gasteiger partial charge is 0.171 e. The number of halogens is 3. The number of rotatable bonds is 2. The summed E-state index contributed by atoms with van der Waals surface area (Å²) in [7, 11) is 0. The second-order valence-electron chi connectivity index (χ2n) is 4.58. The first-order valence-electron chi connectivity index (χ1n) is 4.94. The standard InChI is InChI=1S/C10H17F3/c1-8(2)7-9(10(11,12)13)5-3-4-6-9/h8H,3-7H2,1-2H3. The van der Waals surface area contributed by atoms with Crippen LogP contribution < -0.4 is 0 Å². The van der Waals surface area contributed by atoms with Gasteiger partial charge in [-0.25, -0.2) is 0 Å². The summed E-state index contributed by atoms with van der Waals surface area (Å²) < 4.78 is 38.3. The molecule has 0 radical (unpaired) electrons. The number of hydrogen-bond donors (Lipinski definition) is 0. The molecule has 0 nitrogen and oxygen atoms in total. The quantitative estimate of drug-likeness (QED) is 0.619. The Labute approximate surface area is 77.5 Å². The van der Waals surface area contributed by atoms with Crippen molar-refractivity contribution < 1.29 is 13.2 Å². The van der Waals surface area contributed by atoms with Crippen LogP contribution in [-0.2, 0) is 0 Å². The van der Waals surface area contributed by atoms with E-state index in [0.29, 0.717) is 19.3 Å². The first kappa shape index (κ1) is 10.9. The normalized spacial score (nSPS) is 22.6. The third kappa shape index (κ3) is 2.18. The Morgan fingerprint density at radius 1 is 1.15 bits per heavy atom. The minimum Gasteiger partial charge on any atom is -0.171 e. The molecule has 1 aliphatic carbocycles. The van der Waals surface area contributed by atoms with Crippen molar-refractivity contribution >= 4 is 0 Å². The van der Waals surface area contributed by atoms with E-state index in [1.807, 2.05) is 13.8 Å². The van der Waals surface area contributed by atoms with E-state index in [4.69, 9.17) is 0 Å². The molecule has 0 aliphatic heterocycles. The van der Waals surface area contributed by atoms with Crippen LogP contribution in [0.4, 0.5) is 13.2 Å². The van der Waals surface area contributed by atoms with Gasteiger partial charge in [-0.15, -0.1) is 0 Å². The van der Waals surface area contributed by atoms with Crippen molar-refractivity contribution in [2.24, 2.45) is 11.3 Å². The molecular weight excluding hydrogens is 177 g/mol. The average Bonchev–Trinajstić information content (AvgIpc) is 2.33. The van der Waals surface area contributed by atoms with Crippen molar-refractivity contribution in [3.63, 3.8) is 0 Å². The fourth-order valence-corrected chi connectivity index (χ4v) is 2.44. The zero-order valence-corrected chi connectivity index (χ0v) is 8.25. The minimum atomic E-state index is -3.99. The van der Waals surface area contributed by atoms with Crippen molar-refractivity contribution in [1.29, 1.82) is 0 Å². The summed E-state index contributed by atoms with van der Waals surface area (Å²) in [5, 5.41) is 0. The highest BCUT2D eigenvalue weighted by Crippen LogP contribution is 2.53. The van der Waals surface area contributed by atoms with E-state index < -0.39 is 11.6 Å². The molecule has 0 heterocycles. The Morgan fingerprint density at radius 3 is 1.92 bits per heavy atom. The van der Waals surface area contributed by atoms with E-state index in [9.17, 15) is 13.2 Å². The van der Waals surface area contributed by atoms with Gasteiger partial charge in [-0.3, -0.25) is 0 Å². The van der Waals surface area contributed by atoms with Crippen LogP contribution in [0.5, 0.6) is 0 Å². The lowest BCUT2D eigenvalue weighted by Gasteiger charge is -2.33. The summed E-state index contributed by atoms with van der Waals surface area (Å²) in [6.45, 7) is 3.73. The molecule has 0 N–H and O–H groups in total. The molecule has 0 aromatic rings. The molecule has 1 fully saturated rings. The van der Waals surface area contributed by atoms with E-state index >= 15 is 0 Å². The fraction of sp³-hybridized carbons (Fsp3) is 1.00. The van der Waals surface area contributed by atoms with Crippen molar-refractivity contribution in [2.75, 3.05) is 0 Å². The lowest BCUT2D eigenvalue weighted by Crippen LogP contribution is -2.36. The Morgan fingerprint density at radius 2 is 1.62 bits per heavy atom. The van der Waals surface area contributed by atoms with Crippen LogP contribution in [0.1, 0.15) is 46.0 Å². The van der Waals surface area contributed by atoms with Crippen molar-refractivity contribution in [3.05, 3.63) is 0 Å². The van der Waals surface area contributed by atoms with Gasteiger partial charge < -0.3 is 0 Å². The maximum atomic E-state index is 12.8. The maximum Gasteiger partial charge on any atom is 0.394 e. The lowest BCUT2D eigenvalue weighted by molar-refractivity contribution is -0.227. The molecule has 0 saturated heterocycles. The largest absolute Gasteiger partial charge is 0.394 e. The molecule has 1 aliphatic rings. The van der Waals surface area contributed by atoms with Gasteiger partial charge in [-0.1, -0.05) is 26.7 Å². The third-order valence-corrected chi connectivity index (χ3v) is 2.96. The van der Waals surface area contributed by atoms with Gasteiger partial charge in [0.15, 0.2) is 0 Å². The fourth-order valence-electron chi connectivity index (χ4n) is 2.44. The number of alkyl halides is 3. The summed E-state index contributed by atoms with van der Waals surface area (Å²) >= 11 is 0. The van der Waals surface area contributed by atoms with Crippen LogP contribution in [0.2, 0.25) is 0 Å². The van der Waals surface area contributed by atoms with E-state index in [2.05, 4.69) is 0 Å². The van der Waals surface area contributed by atoms with E-state index in [1.165, 1.54) is 0 Å². The predicted molar refractivity (Wildman–Crippen MR) is 46.4 cm³/mol. The highest BCUT2D eigenvalue weighted by atomic mass is 19.4. The van der Waals surface area contributed by atoms with Crippen LogP contribution in [0.3, 0.4) is 0 Å². The molecule has 0 aromatic carbocycles. The van der Waals surface area contributed by atoms with E-state index in [-0.39, 0.29) is 5.92 Å². The Balaban J connectivity index is 2.75. The van der Waals surface area contributed by atoms with E-state index in [1.54, 1.807) is 0 Å². The average molecular weight is 194 g/mol. The number of hydrogen-bond acceptors (Lipinski definition) is 0. The maximum absolute atomic E-state index is 12.8. The molecule has 1 saturated carbocycles. The topological polar surface area (TPSA) is 0 Å². The second-order valence-corrected chi connectivity index (χ2v) is 4.58. The summed E-state index contributed by atoms with van der Waals surface area (Å²) in [6, 6.07) is 0. The molecule has 0 unspecified atom stereocenters. The molecule has 0 aromatic heterocycles. The van der Waals surface area contributed by atoms with Gasteiger partial charge in [-0.05, 0) is 25.2 Å². The molecular formula is C10H17F3. The van der Waals surface area contributed by atoms with Gasteiger partial charge in [0.05, 0.1) is 5.41 Å². The van der Waals surface area contributed by atoms with Crippen LogP contribution in [0.25, 0.3) is 0 Å². The molecule has 78 valence electrons. The van der Waals surface area contributed by atoms with Crippen molar-refractivity contribution in [2.45, 2.75) is 52.1 Å². The minimum absolute atomic E-state index is 0.139. The Kier molecular flexibility index (Phi) is 2.93. The van der Waals surface area contributed by atoms with Crippen molar-refractivity contribution in [1.82, 2.24) is 0 Å². The molecule has 0 bridgehead atoms. The van der Waals surface area contributed by atoms with Crippen LogP contribution >= 0.6 is 0 Å². The van der Waals surface area contributed by atoms with Crippen LogP contribution in [-0.4, -0.2) is 6.18 Å². The molecule has 13 heavy (non-hydrogen) atoms. The Hall–Kier alpha value is -0.210. The van der Waals surface area contributed by atoms with Gasteiger partial charge in [0.25, 0.3) is 0 Å². The third-order valence-electron chi connectivity index (χ3n) is 2.96. The highest BCUT2D eigenvalue weighted by molar-refractivity contribution is 4.91. The zero-order chi connectivity index (χ0) is 10.1. The molecule has 0 spiro atoms. The summed E-state index contributed by atoms with van der Waals surface area (Å²) in [5.41, 5.74) is -1.35. The molecule has 3 heteroatoms. The molecule has 0 atom stereocenters. The van der Waals surface area contributed by atoms with Gasteiger partial charge in [0.1, 0.15) is 0 Å². The first-order valence-corrected chi connectivity index (χ1v) is 4.94. The molecule has 0 amide bonds. The first-order chi connectivity index (χ1) is 5.87. The van der Waals surface area contributed by atoms with Gasteiger partial charge in [-0.2, -0.15) is 13.2 Å². The van der Waals surface area contributed by atoms with Crippen molar-refractivity contribution in [3.8, 4) is 0 Å².